The van der Waals surface area contributed by atoms with E-state index in [9.17, 15) is 4.39 Å². The molecule has 1 fully saturated rings. The van der Waals surface area contributed by atoms with Crippen LogP contribution in [0.4, 0.5) is 4.39 Å². The molecule has 0 radical (unpaired) electrons. The zero-order valence-electron chi connectivity index (χ0n) is 12.3. The number of aliphatic hydroxyl groups excluding tert-OH is 1. The third-order valence-electron chi connectivity index (χ3n) is 3.79. The van der Waals surface area contributed by atoms with E-state index in [1.54, 1.807) is 12.1 Å². The third kappa shape index (κ3) is 4.14. The van der Waals surface area contributed by atoms with Crippen molar-refractivity contribution >= 4 is 0 Å². The van der Waals surface area contributed by atoms with Crippen molar-refractivity contribution in [3.05, 3.63) is 29.6 Å². The van der Waals surface area contributed by atoms with E-state index in [0.717, 1.165) is 13.1 Å². The first-order valence-corrected chi connectivity index (χ1v) is 7.18. The maximum atomic E-state index is 13.9. The van der Waals surface area contributed by atoms with Gasteiger partial charge in [0, 0.05) is 31.2 Å². The van der Waals surface area contributed by atoms with E-state index in [0.29, 0.717) is 30.9 Å². The maximum absolute atomic E-state index is 13.9. The van der Waals surface area contributed by atoms with E-state index in [4.69, 9.17) is 20.3 Å². The molecule has 21 heavy (non-hydrogen) atoms. The van der Waals surface area contributed by atoms with Gasteiger partial charge in [-0.05, 0) is 18.6 Å². The number of nitrogens with two attached hydrogens (primary N) is 1. The molecule has 1 aliphatic rings. The van der Waals surface area contributed by atoms with E-state index in [2.05, 4.69) is 4.90 Å². The van der Waals surface area contributed by atoms with Gasteiger partial charge in [0.2, 0.25) is 0 Å². The number of morpholine rings is 1. The van der Waals surface area contributed by atoms with Crippen LogP contribution in [0.1, 0.15) is 18.0 Å². The van der Waals surface area contributed by atoms with Gasteiger partial charge >= 0.3 is 0 Å². The number of aliphatic hydroxyl groups is 1. The fourth-order valence-electron chi connectivity index (χ4n) is 2.62. The summed E-state index contributed by atoms with van der Waals surface area (Å²) in [4.78, 5) is 2.18. The first-order chi connectivity index (χ1) is 10.2. The number of rotatable bonds is 6. The number of hydrogen-bond donors (Lipinski definition) is 2. The Kier molecular flexibility index (Phi) is 5.93. The minimum Gasteiger partial charge on any atom is -0.496 e. The van der Waals surface area contributed by atoms with Crippen LogP contribution in [0.5, 0.6) is 5.75 Å². The fourth-order valence-corrected chi connectivity index (χ4v) is 2.62. The number of nitrogens with zero attached hydrogens (tertiary/aromatic N) is 1. The van der Waals surface area contributed by atoms with Crippen molar-refractivity contribution < 1.29 is 19.0 Å². The summed E-state index contributed by atoms with van der Waals surface area (Å²) in [6, 6.07) is 4.30. The van der Waals surface area contributed by atoms with Crippen molar-refractivity contribution in [2.45, 2.75) is 18.6 Å². The Morgan fingerprint density at radius 3 is 3.10 bits per heavy atom. The minimum absolute atomic E-state index is 0.0175. The van der Waals surface area contributed by atoms with Gasteiger partial charge in [0.25, 0.3) is 0 Å². The van der Waals surface area contributed by atoms with Gasteiger partial charge in [0.15, 0.2) is 0 Å². The summed E-state index contributed by atoms with van der Waals surface area (Å²) in [5, 5.41) is 9.13. The van der Waals surface area contributed by atoms with Crippen LogP contribution in [-0.2, 0) is 4.74 Å². The molecule has 0 amide bonds. The number of ether oxygens (including phenoxy) is 2. The van der Waals surface area contributed by atoms with Crippen molar-refractivity contribution in [1.29, 1.82) is 0 Å². The molecule has 6 heteroatoms. The highest BCUT2D eigenvalue weighted by atomic mass is 19.1. The molecule has 2 rings (SSSR count). The van der Waals surface area contributed by atoms with Gasteiger partial charge in [-0.15, -0.1) is 0 Å². The standard InChI is InChI=1S/C15H23FN2O3/c1-20-14-4-2-3-12(16)15(14)13(17)5-6-18-7-8-21-11(9-18)10-19/h2-4,11,13,19H,5-10,17H2,1H3. The Balaban J connectivity index is 1.94. The van der Waals surface area contributed by atoms with Crippen LogP contribution in [-0.4, -0.2) is 56.1 Å². The van der Waals surface area contributed by atoms with Gasteiger partial charge in [-0.25, -0.2) is 4.39 Å². The summed E-state index contributed by atoms with van der Waals surface area (Å²) in [5.74, 6) is 0.148. The van der Waals surface area contributed by atoms with Crippen molar-refractivity contribution in [2.75, 3.05) is 40.0 Å². The maximum Gasteiger partial charge on any atom is 0.131 e. The Morgan fingerprint density at radius 1 is 1.57 bits per heavy atom. The molecule has 2 unspecified atom stereocenters. The Labute approximate surface area is 124 Å². The average Bonchev–Trinajstić information content (AvgIpc) is 2.52. The molecule has 3 N–H and O–H groups in total. The molecule has 5 nitrogen and oxygen atoms in total. The van der Waals surface area contributed by atoms with Crippen molar-refractivity contribution in [3.63, 3.8) is 0 Å². The summed E-state index contributed by atoms with van der Waals surface area (Å²) in [6.07, 6.45) is 0.480. The summed E-state index contributed by atoms with van der Waals surface area (Å²) in [5.41, 5.74) is 6.55. The summed E-state index contributed by atoms with van der Waals surface area (Å²) < 4.78 is 24.5. The van der Waals surface area contributed by atoms with Crippen molar-refractivity contribution in [3.8, 4) is 5.75 Å². The lowest BCUT2D eigenvalue weighted by Crippen LogP contribution is -2.44. The van der Waals surface area contributed by atoms with Gasteiger partial charge in [-0.1, -0.05) is 6.07 Å². The van der Waals surface area contributed by atoms with Crippen molar-refractivity contribution in [2.24, 2.45) is 5.73 Å². The van der Waals surface area contributed by atoms with Crippen LogP contribution in [0.2, 0.25) is 0 Å². The van der Waals surface area contributed by atoms with Gasteiger partial charge in [-0.3, -0.25) is 4.90 Å². The second kappa shape index (κ2) is 7.70. The molecule has 0 spiro atoms. The average molecular weight is 298 g/mol. The van der Waals surface area contributed by atoms with Gasteiger partial charge in [-0.2, -0.15) is 0 Å². The molecule has 1 aliphatic heterocycles. The van der Waals surface area contributed by atoms with Crippen LogP contribution < -0.4 is 10.5 Å². The van der Waals surface area contributed by atoms with Gasteiger partial charge in [0.05, 0.1) is 26.4 Å². The highest BCUT2D eigenvalue weighted by molar-refractivity contribution is 5.37. The highest BCUT2D eigenvalue weighted by Crippen LogP contribution is 2.28. The molecule has 2 atom stereocenters. The molecule has 1 saturated heterocycles. The van der Waals surface area contributed by atoms with E-state index >= 15 is 0 Å². The van der Waals surface area contributed by atoms with Crippen LogP contribution in [0.3, 0.4) is 0 Å². The summed E-state index contributed by atoms with van der Waals surface area (Å²) in [7, 11) is 1.51. The second-order valence-electron chi connectivity index (χ2n) is 5.23. The Hall–Kier alpha value is -1.21. The molecule has 1 aromatic rings. The Bertz CT molecular complexity index is 459. The normalized spacial score (nSPS) is 21.2. The highest BCUT2D eigenvalue weighted by Gasteiger charge is 2.22. The number of hydrogen-bond acceptors (Lipinski definition) is 5. The molecule has 0 aromatic heterocycles. The van der Waals surface area contributed by atoms with E-state index in [1.807, 2.05) is 0 Å². The predicted molar refractivity (Wildman–Crippen MR) is 77.8 cm³/mol. The quantitative estimate of drug-likeness (QED) is 0.817. The fraction of sp³-hybridized carbons (Fsp3) is 0.600. The SMILES string of the molecule is COc1cccc(F)c1C(N)CCN1CCOC(CO)C1. The van der Waals surface area contributed by atoms with E-state index < -0.39 is 6.04 Å². The molecule has 0 saturated carbocycles. The second-order valence-corrected chi connectivity index (χ2v) is 5.23. The summed E-state index contributed by atoms with van der Waals surface area (Å²) >= 11 is 0. The molecule has 0 bridgehead atoms. The zero-order chi connectivity index (χ0) is 15.2. The van der Waals surface area contributed by atoms with E-state index in [-0.39, 0.29) is 18.5 Å². The summed E-state index contributed by atoms with van der Waals surface area (Å²) in [6.45, 7) is 2.83. The monoisotopic (exact) mass is 298 g/mol. The molecular formula is C15H23FN2O3. The topological polar surface area (TPSA) is 68.0 Å². The van der Waals surface area contributed by atoms with Crippen LogP contribution in [0.25, 0.3) is 0 Å². The molecular weight excluding hydrogens is 275 g/mol. The molecule has 1 heterocycles. The lowest BCUT2D eigenvalue weighted by molar-refractivity contribution is -0.0531. The van der Waals surface area contributed by atoms with Gasteiger partial charge < -0.3 is 20.3 Å². The van der Waals surface area contributed by atoms with Crippen LogP contribution in [0, 0.1) is 5.82 Å². The van der Waals surface area contributed by atoms with Crippen LogP contribution >= 0.6 is 0 Å². The largest absolute Gasteiger partial charge is 0.496 e. The van der Waals surface area contributed by atoms with Crippen molar-refractivity contribution in [1.82, 2.24) is 4.90 Å². The lowest BCUT2D eigenvalue weighted by Gasteiger charge is -2.32. The smallest absolute Gasteiger partial charge is 0.131 e. The minimum atomic E-state index is -0.420. The van der Waals surface area contributed by atoms with E-state index in [1.165, 1.54) is 13.2 Å². The zero-order valence-corrected chi connectivity index (χ0v) is 12.3. The predicted octanol–water partition coefficient (Wildman–Crippen LogP) is 0.917. The number of methoxy groups -OCH3 is 1. The first kappa shape index (κ1) is 16.2. The molecule has 0 aliphatic carbocycles. The lowest BCUT2D eigenvalue weighted by atomic mass is 10.0. The number of benzene rings is 1. The first-order valence-electron chi connectivity index (χ1n) is 7.18. The van der Waals surface area contributed by atoms with Crippen LogP contribution in [0.15, 0.2) is 18.2 Å². The third-order valence-corrected chi connectivity index (χ3v) is 3.79. The Morgan fingerprint density at radius 2 is 2.38 bits per heavy atom. The molecule has 118 valence electrons. The number of halogens is 1. The van der Waals surface area contributed by atoms with Gasteiger partial charge in [0.1, 0.15) is 11.6 Å². The molecule has 1 aromatic carbocycles.